The van der Waals surface area contributed by atoms with E-state index < -0.39 is 18.6 Å². The van der Waals surface area contributed by atoms with Crippen molar-refractivity contribution in [2.75, 3.05) is 6.54 Å². The SMILES string of the molecule is C=S.CC.CC(CCC(=O)NCC(F)(F)F)C1CCC2C3CCC4CC(=O)CCC4(C)C3CCC12C. The van der Waals surface area contributed by atoms with Gasteiger partial charge in [-0.05, 0) is 104 Å². The van der Waals surface area contributed by atoms with Crippen LogP contribution in [0.4, 0.5) is 13.2 Å². The van der Waals surface area contributed by atoms with Crippen LogP contribution in [0.2, 0.25) is 0 Å². The minimum Gasteiger partial charge on any atom is -0.347 e. The molecule has 4 rings (SSSR count). The molecule has 208 valence electrons. The summed E-state index contributed by atoms with van der Waals surface area (Å²) in [5.41, 5.74) is 0.592. The summed E-state index contributed by atoms with van der Waals surface area (Å²) in [5.74, 6) is 6.45. The van der Waals surface area contributed by atoms with Gasteiger partial charge in [0.15, 0.2) is 0 Å². The van der Waals surface area contributed by atoms with Crippen LogP contribution in [0.15, 0.2) is 0 Å². The van der Waals surface area contributed by atoms with Crippen molar-refractivity contribution in [2.45, 2.75) is 111 Å². The largest absolute Gasteiger partial charge is 0.405 e. The number of amides is 1. The molecule has 4 saturated carbocycles. The summed E-state index contributed by atoms with van der Waals surface area (Å²) < 4.78 is 37.1. The summed E-state index contributed by atoms with van der Waals surface area (Å²) in [6, 6.07) is 0. The molecule has 0 heterocycles. The number of carbonyl (C=O) groups is 2. The second-order valence-corrected chi connectivity index (χ2v) is 12.0. The van der Waals surface area contributed by atoms with Crippen LogP contribution < -0.4 is 5.32 Å². The van der Waals surface area contributed by atoms with Crippen LogP contribution in [0.5, 0.6) is 0 Å². The molecule has 36 heavy (non-hydrogen) atoms. The van der Waals surface area contributed by atoms with Gasteiger partial charge in [0, 0.05) is 19.3 Å². The Bertz CT molecular complexity index is 759. The Morgan fingerprint density at radius 2 is 1.69 bits per heavy atom. The number of rotatable bonds is 5. The first-order valence-corrected chi connectivity index (χ1v) is 14.7. The van der Waals surface area contributed by atoms with Gasteiger partial charge in [-0.1, -0.05) is 46.8 Å². The molecule has 4 aliphatic rings. The van der Waals surface area contributed by atoms with Crippen molar-refractivity contribution in [3.05, 3.63) is 0 Å². The lowest BCUT2D eigenvalue weighted by molar-refractivity contribution is -0.140. The van der Waals surface area contributed by atoms with Gasteiger partial charge >= 0.3 is 6.18 Å². The molecule has 0 radical (unpaired) electrons. The lowest BCUT2D eigenvalue weighted by Gasteiger charge is -2.60. The van der Waals surface area contributed by atoms with E-state index in [0.717, 1.165) is 31.1 Å². The van der Waals surface area contributed by atoms with E-state index in [9.17, 15) is 22.8 Å². The van der Waals surface area contributed by atoms with Gasteiger partial charge in [0.25, 0.3) is 0 Å². The van der Waals surface area contributed by atoms with E-state index in [0.29, 0.717) is 41.3 Å². The fraction of sp³-hybridized carbons (Fsp3) is 0.897. The summed E-state index contributed by atoms with van der Waals surface area (Å²) >= 11 is 3.83. The first kappa shape index (κ1) is 31.2. The Labute approximate surface area is 222 Å². The molecule has 0 saturated heterocycles. The molecule has 4 fully saturated rings. The topological polar surface area (TPSA) is 46.2 Å². The average Bonchev–Trinajstić information content (AvgIpc) is 3.21. The third kappa shape index (κ3) is 6.53. The number of fused-ring (bicyclic) bond motifs is 5. The van der Waals surface area contributed by atoms with Crippen LogP contribution in [-0.4, -0.2) is 30.3 Å². The van der Waals surface area contributed by atoms with Gasteiger partial charge in [0.2, 0.25) is 5.91 Å². The maximum atomic E-state index is 12.4. The molecule has 0 aromatic carbocycles. The van der Waals surface area contributed by atoms with Gasteiger partial charge in [-0.2, -0.15) is 13.2 Å². The molecule has 0 aromatic heterocycles. The second kappa shape index (κ2) is 12.7. The van der Waals surface area contributed by atoms with Crippen LogP contribution in [0.3, 0.4) is 0 Å². The zero-order chi connectivity index (χ0) is 27.3. The number of ketones is 1. The van der Waals surface area contributed by atoms with Crippen LogP contribution in [0.25, 0.3) is 0 Å². The van der Waals surface area contributed by atoms with Gasteiger partial charge in [-0.25, -0.2) is 0 Å². The molecule has 4 aliphatic carbocycles. The van der Waals surface area contributed by atoms with Gasteiger partial charge in [-0.3, -0.25) is 9.59 Å². The molecule has 3 nitrogen and oxygen atoms in total. The van der Waals surface area contributed by atoms with Crippen molar-refractivity contribution in [2.24, 2.45) is 46.3 Å². The Morgan fingerprint density at radius 3 is 2.33 bits per heavy atom. The number of alkyl halides is 3. The Kier molecular flexibility index (Phi) is 11.0. The molecule has 1 N–H and O–H groups in total. The maximum absolute atomic E-state index is 12.4. The number of carbonyl (C=O) groups excluding carboxylic acids is 2. The lowest BCUT2D eigenvalue weighted by Crippen LogP contribution is -2.53. The van der Waals surface area contributed by atoms with Gasteiger partial charge in [0.05, 0.1) is 0 Å². The molecule has 8 atom stereocenters. The van der Waals surface area contributed by atoms with Crippen LogP contribution in [0, 0.1) is 46.3 Å². The Morgan fingerprint density at radius 1 is 1.06 bits per heavy atom. The van der Waals surface area contributed by atoms with E-state index in [1.165, 1.54) is 38.5 Å². The molecular weight excluding hydrogens is 483 g/mol. The van der Waals surface area contributed by atoms with Crippen LogP contribution in [0.1, 0.15) is 105 Å². The van der Waals surface area contributed by atoms with Crippen LogP contribution in [-0.2, 0) is 9.59 Å². The maximum Gasteiger partial charge on any atom is 0.405 e. The predicted molar refractivity (Wildman–Crippen MR) is 144 cm³/mol. The summed E-state index contributed by atoms with van der Waals surface area (Å²) in [7, 11) is 0. The zero-order valence-corrected chi connectivity index (χ0v) is 23.8. The highest BCUT2D eigenvalue weighted by Gasteiger charge is 2.60. The molecule has 0 aliphatic heterocycles. The third-order valence-corrected chi connectivity index (χ3v) is 10.6. The quantitative estimate of drug-likeness (QED) is 0.366. The standard InChI is InChI=1S/C26H40F3NO2.C2H6.CH2S/c1-16(4-9-23(32)30-15-26(27,28)29)20-7-8-21-19-6-5-17-14-18(31)10-12-24(17,2)22(19)11-13-25(20,21)3;2*1-2/h16-17,19-22H,4-15H2,1-3H3,(H,30,32);1-2H3;1H2. The second-order valence-electron chi connectivity index (χ2n) is 12.0. The molecule has 0 aromatic rings. The minimum atomic E-state index is -4.35. The van der Waals surface area contributed by atoms with E-state index in [4.69, 9.17) is 0 Å². The first-order chi connectivity index (χ1) is 16.9. The molecule has 7 heteroatoms. The first-order valence-electron chi connectivity index (χ1n) is 14.1. The summed E-state index contributed by atoms with van der Waals surface area (Å²) in [6.07, 6.45) is 6.41. The normalized spacial score (nSPS) is 38.1. The number of halogens is 3. The van der Waals surface area contributed by atoms with Crippen molar-refractivity contribution < 1.29 is 22.8 Å². The number of nitrogens with one attached hydrogen (secondary N) is 1. The Balaban J connectivity index is 0.00000109. The van der Waals surface area contributed by atoms with Gasteiger partial charge < -0.3 is 5.32 Å². The molecule has 0 bridgehead atoms. The highest BCUT2D eigenvalue weighted by molar-refractivity contribution is 7.77. The fourth-order valence-corrected chi connectivity index (χ4v) is 8.87. The Hall–Kier alpha value is -0.980. The lowest BCUT2D eigenvalue weighted by atomic mass is 9.44. The highest BCUT2D eigenvalue weighted by Crippen LogP contribution is 2.68. The summed E-state index contributed by atoms with van der Waals surface area (Å²) in [6.45, 7) is 9.90. The van der Waals surface area contributed by atoms with Crippen LogP contribution >= 0.6 is 12.2 Å². The predicted octanol–water partition coefficient (Wildman–Crippen LogP) is 7.95. The molecule has 8 unspecified atom stereocenters. The monoisotopic (exact) mass is 531 g/mol. The van der Waals surface area contributed by atoms with E-state index in [1.807, 2.05) is 19.2 Å². The van der Waals surface area contributed by atoms with Gasteiger partial charge in [0.1, 0.15) is 12.3 Å². The molecular formula is C29H48F3NO2S. The number of hydrogen-bond donors (Lipinski definition) is 1. The fourth-order valence-electron chi connectivity index (χ4n) is 8.87. The minimum absolute atomic E-state index is 0.175. The van der Waals surface area contributed by atoms with E-state index in [2.05, 4.69) is 38.9 Å². The summed E-state index contributed by atoms with van der Waals surface area (Å²) in [4.78, 5) is 24.0. The number of hydrogen-bond acceptors (Lipinski definition) is 3. The highest BCUT2D eigenvalue weighted by atomic mass is 32.1. The zero-order valence-electron chi connectivity index (χ0n) is 23.0. The van der Waals surface area contributed by atoms with Crippen molar-refractivity contribution >= 4 is 29.8 Å². The smallest absolute Gasteiger partial charge is 0.347 e. The number of Topliss-reactive ketones (excluding diaryl/α,β-unsaturated/α-hetero) is 1. The van der Waals surface area contributed by atoms with Crippen molar-refractivity contribution in [3.63, 3.8) is 0 Å². The van der Waals surface area contributed by atoms with Crippen molar-refractivity contribution in [1.29, 1.82) is 0 Å². The summed E-state index contributed by atoms with van der Waals surface area (Å²) in [5, 5.41) is 2.02. The third-order valence-electron chi connectivity index (χ3n) is 10.6. The molecule has 1 amide bonds. The van der Waals surface area contributed by atoms with E-state index in [-0.39, 0.29) is 11.8 Å². The van der Waals surface area contributed by atoms with E-state index >= 15 is 0 Å². The molecule has 0 spiro atoms. The number of thiocarbonyl (C=S) groups is 1. The average molecular weight is 532 g/mol. The van der Waals surface area contributed by atoms with Gasteiger partial charge in [-0.15, -0.1) is 0 Å². The van der Waals surface area contributed by atoms with Crippen molar-refractivity contribution in [3.8, 4) is 0 Å². The van der Waals surface area contributed by atoms with Crippen molar-refractivity contribution in [1.82, 2.24) is 5.32 Å². The van der Waals surface area contributed by atoms with E-state index in [1.54, 1.807) is 0 Å².